The Kier molecular flexibility index (Phi) is 4.16. The summed E-state index contributed by atoms with van der Waals surface area (Å²) in [4.78, 5) is 4.29. The summed E-state index contributed by atoms with van der Waals surface area (Å²) in [6.45, 7) is 0.386. The van der Waals surface area contributed by atoms with Gasteiger partial charge in [-0.25, -0.2) is 0 Å². The van der Waals surface area contributed by atoms with Crippen LogP contribution in [0.3, 0.4) is 0 Å². The largest absolute Gasteiger partial charge is 0.495 e. The van der Waals surface area contributed by atoms with E-state index in [1.165, 1.54) is 0 Å². The third kappa shape index (κ3) is 2.62. The predicted octanol–water partition coefficient (Wildman–Crippen LogP) is 0.970. The fourth-order valence-electron chi connectivity index (χ4n) is 1.50. The molecule has 6 nitrogen and oxygen atoms in total. The van der Waals surface area contributed by atoms with E-state index in [1.807, 2.05) is 23.7 Å². The molecular weight excluding hydrogens is 250 g/mol. The van der Waals surface area contributed by atoms with Crippen molar-refractivity contribution in [1.29, 1.82) is 0 Å². The number of hydrogen-bond acceptors (Lipinski definition) is 6. The molecule has 0 aromatic carbocycles. The SMILES string of the molecule is COc1cccnc1CSc1nnc(CN)n1C. The number of thioether (sulfide) groups is 1. The molecule has 2 heterocycles. The maximum Gasteiger partial charge on any atom is 0.191 e. The van der Waals surface area contributed by atoms with Crippen LogP contribution in [0.5, 0.6) is 5.75 Å². The molecule has 0 saturated carbocycles. The van der Waals surface area contributed by atoms with Crippen LogP contribution in [0.2, 0.25) is 0 Å². The van der Waals surface area contributed by atoms with Crippen molar-refractivity contribution in [3.8, 4) is 5.75 Å². The van der Waals surface area contributed by atoms with Crippen molar-refractivity contribution in [3.05, 3.63) is 29.8 Å². The Morgan fingerprint density at radius 1 is 1.44 bits per heavy atom. The average molecular weight is 265 g/mol. The van der Waals surface area contributed by atoms with E-state index in [0.717, 1.165) is 22.4 Å². The molecule has 18 heavy (non-hydrogen) atoms. The average Bonchev–Trinajstić information content (AvgIpc) is 2.77. The third-order valence-electron chi connectivity index (χ3n) is 2.51. The van der Waals surface area contributed by atoms with Gasteiger partial charge in [0.15, 0.2) is 5.16 Å². The van der Waals surface area contributed by atoms with Crippen molar-refractivity contribution in [2.45, 2.75) is 17.5 Å². The summed E-state index contributed by atoms with van der Waals surface area (Å²) >= 11 is 1.56. The van der Waals surface area contributed by atoms with Crippen molar-refractivity contribution in [2.75, 3.05) is 7.11 Å². The number of aromatic nitrogens is 4. The van der Waals surface area contributed by atoms with E-state index in [0.29, 0.717) is 12.3 Å². The molecule has 0 radical (unpaired) electrons. The number of ether oxygens (including phenoxy) is 1. The first-order valence-corrected chi connectivity index (χ1v) is 6.43. The topological polar surface area (TPSA) is 78.8 Å². The molecule has 0 amide bonds. The molecule has 0 fully saturated rings. The standard InChI is InChI=1S/C11H15N5OS/c1-16-10(6-12)14-15-11(16)18-7-8-9(17-2)4-3-5-13-8/h3-5H,6-7,12H2,1-2H3. The molecule has 0 spiro atoms. The number of pyridine rings is 1. The van der Waals surface area contributed by atoms with Crippen LogP contribution in [0.25, 0.3) is 0 Å². The second kappa shape index (κ2) is 5.83. The van der Waals surface area contributed by atoms with Crippen LogP contribution >= 0.6 is 11.8 Å². The highest BCUT2D eigenvalue weighted by atomic mass is 32.2. The van der Waals surface area contributed by atoms with Crippen LogP contribution in [0.15, 0.2) is 23.5 Å². The van der Waals surface area contributed by atoms with Gasteiger partial charge in [-0.3, -0.25) is 4.98 Å². The lowest BCUT2D eigenvalue weighted by Gasteiger charge is -2.06. The molecule has 0 unspecified atom stereocenters. The predicted molar refractivity (Wildman–Crippen MR) is 69.2 cm³/mol. The van der Waals surface area contributed by atoms with Crippen LogP contribution in [0, 0.1) is 0 Å². The van der Waals surface area contributed by atoms with Crippen LogP contribution in [-0.4, -0.2) is 26.9 Å². The van der Waals surface area contributed by atoms with E-state index in [9.17, 15) is 0 Å². The number of nitrogens with two attached hydrogens (primary N) is 1. The highest BCUT2D eigenvalue weighted by Gasteiger charge is 2.10. The minimum Gasteiger partial charge on any atom is -0.495 e. The molecule has 0 aliphatic rings. The van der Waals surface area contributed by atoms with Crippen molar-refractivity contribution in [1.82, 2.24) is 19.7 Å². The van der Waals surface area contributed by atoms with Crippen LogP contribution in [0.1, 0.15) is 11.5 Å². The van der Waals surface area contributed by atoms with Gasteiger partial charge in [-0.1, -0.05) is 11.8 Å². The summed E-state index contributed by atoms with van der Waals surface area (Å²) in [6.07, 6.45) is 1.75. The van der Waals surface area contributed by atoms with Gasteiger partial charge in [0.05, 0.1) is 19.3 Å². The first-order valence-electron chi connectivity index (χ1n) is 5.45. The minimum atomic E-state index is 0.386. The van der Waals surface area contributed by atoms with E-state index >= 15 is 0 Å². The third-order valence-corrected chi connectivity index (χ3v) is 3.55. The van der Waals surface area contributed by atoms with Crippen LogP contribution in [0.4, 0.5) is 0 Å². The fraction of sp³-hybridized carbons (Fsp3) is 0.364. The Morgan fingerprint density at radius 3 is 2.94 bits per heavy atom. The summed E-state index contributed by atoms with van der Waals surface area (Å²) in [7, 11) is 3.54. The molecular formula is C11H15N5OS. The second-order valence-corrected chi connectivity index (χ2v) is 4.55. The normalized spacial score (nSPS) is 10.6. The molecule has 96 valence electrons. The number of hydrogen-bond donors (Lipinski definition) is 1. The highest BCUT2D eigenvalue weighted by molar-refractivity contribution is 7.98. The zero-order chi connectivity index (χ0) is 13.0. The highest BCUT2D eigenvalue weighted by Crippen LogP contribution is 2.24. The Bertz CT molecular complexity index is 528. The first kappa shape index (κ1) is 12.8. The van der Waals surface area contributed by atoms with E-state index in [1.54, 1.807) is 25.1 Å². The quantitative estimate of drug-likeness (QED) is 0.812. The van der Waals surface area contributed by atoms with E-state index in [-0.39, 0.29) is 0 Å². The van der Waals surface area contributed by atoms with Crippen LogP contribution in [-0.2, 0) is 19.3 Å². The Balaban J connectivity index is 2.09. The van der Waals surface area contributed by atoms with Gasteiger partial charge >= 0.3 is 0 Å². The molecule has 0 saturated heterocycles. The summed E-state index contributed by atoms with van der Waals surface area (Å²) in [5, 5.41) is 8.91. The zero-order valence-electron chi connectivity index (χ0n) is 10.3. The maximum absolute atomic E-state index is 5.55. The van der Waals surface area contributed by atoms with Gasteiger partial charge < -0.3 is 15.0 Å². The fourth-order valence-corrected chi connectivity index (χ4v) is 2.38. The maximum atomic E-state index is 5.55. The van der Waals surface area contributed by atoms with Gasteiger partial charge in [0.2, 0.25) is 0 Å². The number of rotatable bonds is 5. The molecule has 2 rings (SSSR count). The monoisotopic (exact) mass is 265 g/mol. The summed E-state index contributed by atoms with van der Waals surface area (Å²) in [6, 6.07) is 3.74. The first-order chi connectivity index (χ1) is 8.76. The van der Waals surface area contributed by atoms with Gasteiger partial charge in [0.1, 0.15) is 11.6 Å². The van der Waals surface area contributed by atoms with Gasteiger partial charge in [0.25, 0.3) is 0 Å². The molecule has 2 aromatic rings. The Labute approximate surface area is 110 Å². The lowest BCUT2D eigenvalue weighted by Crippen LogP contribution is -2.05. The smallest absolute Gasteiger partial charge is 0.191 e. The van der Waals surface area contributed by atoms with Crippen molar-refractivity contribution >= 4 is 11.8 Å². The van der Waals surface area contributed by atoms with Gasteiger partial charge in [-0.15, -0.1) is 10.2 Å². The summed E-state index contributed by atoms with van der Waals surface area (Å²) in [5.74, 6) is 2.23. The lowest BCUT2D eigenvalue weighted by atomic mass is 10.3. The lowest BCUT2D eigenvalue weighted by molar-refractivity contribution is 0.409. The van der Waals surface area contributed by atoms with Gasteiger partial charge in [0, 0.05) is 19.0 Å². The molecule has 0 bridgehead atoms. The molecule has 7 heteroatoms. The molecule has 2 N–H and O–H groups in total. The van der Waals surface area contributed by atoms with Gasteiger partial charge in [-0.2, -0.15) is 0 Å². The van der Waals surface area contributed by atoms with Crippen LogP contribution < -0.4 is 10.5 Å². The number of nitrogens with zero attached hydrogens (tertiary/aromatic N) is 4. The Hall–Kier alpha value is -1.60. The molecule has 2 aromatic heterocycles. The summed E-state index contributed by atoms with van der Waals surface area (Å²) < 4.78 is 7.14. The Morgan fingerprint density at radius 2 is 2.28 bits per heavy atom. The van der Waals surface area contributed by atoms with E-state index in [4.69, 9.17) is 10.5 Å². The molecule has 0 atom stereocenters. The minimum absolute atomic E-state index is 0.386. The van der Waals surface area contributed by atoms with Crippen molar-refractivity contribution in [3.63, 3.8) is 0 Å². The van der Waals surface area contributed by atoms with E-state index < -0.39 is 0 Å². The van der Waals surface area contributed by atoms with Gasteiger partial charge in [-0.05, 0) is 12.1 Å². The second-order valence-electron chi connectivity index (χ2n) is 3.60. The van der Waals surface area contributed by atoms with Crippen molar-refractivity contribution < 1.29 is 4.74 Å². The van der Waals surface area contributed by atoms with E-state index in [2.05, 4.69) is 15.2 Å². The van der Waals surface area contributed by atoms with Crippen molar-refractivity contribution in [2.24, 2.45) is 12.8 Å². The number of methoxy groups -OCH3 is 1. The molecule has 0 aliphatic heterocycles. The molecule has 0 aliphatic carbocycles. The zero-order valence-corrected chi connectivity index (χ0v) is 11.1. The summed E-state index contributed by atoms with van der Waals surface area (Å²) in [5.41, 5.74) is 6.44.